The lowest BCUT2D eigenvalue weighted by Crippen LogP contribution is -2.50. The Morgan fingerprint density at radius 1 is 1.40 bits per heavy atom. The van der Waals surface area contributed by atoms with E-state index in [2.05, 4.69) is 15.7 Å². The summed E-state index contributed by atoms with van der Waals surface area (Å²) in [4.78, 5) is 12.0. The number of hydrogen-bond donors (Lipinski definition) is 3. The molecule has 6 nitrogen and oxygen atoms in total. The number of benzene rings is 1. The first-order chi connectivity index (χ1) is 11.9. The number of halogens is 1. The molecule has 0 spiro atoms. The SMILES string of the molecule is Cc1c(C(C)NC(=O)NCC2(O)CCC2)cnn1-c1ccc(F)cc1. The number of hydrogen-bond acceptors (Lipinski definition) is 3. The zero-order chi connectivity index (χ0) is 18.0. The lowest BCUT2D eigenvalue weighted by atomic mass is 9.80. The van der Waals surface area contributed by atoms with Crippen molar-refractivity contribution in [1.29, 1.82) is 0 Å². The number of carbonyl (C=O) groups is 1. The van der Waals surface area contributed by atoms with Crippen molar-refractivity contribution in [2.24, 2.45) is 0 Å². The highest BCUT2D eigenvalue weighted by Gasteiger charge is 2.34. The Balaban J connectivity index is 1.63. The second kappa shape index (κ2) is 6.84. The van der Waals surface area contributed by atoms with Crippen LogP contribution in [0.2, 0.25) is 0 Å². The number of urea groups is 1. The molecule has 1 aromatic heterocycles. The summed E-state index contributed by atoms with van der Waals surface area (Å²) >= 11 is 0. The zero-order valence-corrected chi connectivity index (χ0v) is 14.4. The molecule has 3 rings (SSSR count). The number of aliphatic hydroxyl groups is 1. The molecule has 7 heteroatoms. The number of nitrogens with one attached hydrogen (secondary N) is 2. The minimum Gasteiger partial charge on any atom is -0.388 e. The molecule has 134 valence electrons. The summed E-state index contributed by atoms with van der Waals surface area (Å²) in [5, 5.41) is 19.9. The average Bonchev–Trinajstić information content (AvgIpc) is 2.93. The van der Waals surface area contributed by atoms with E-state index in [1.165, 1.54) is 12.1 Å². The first-order valence-electron chi connectivity index (χ1n) is 8.45. The van der Waals surface area contributed by atoms with Crippen molar-refractivity contribution in [2.75, 3.05) is 6.54 Å². The number of carbonyl (C=O) groups excluding carboxylic acids is 1. The highest BCUT2D eigenvalue weighted by atomic mass is 19.1. The molecule has 0 aliphatic heterocycles. The van der Waals surface area contributed by atoms with Gasteiger partial charge in [-0.1, -0.05) is 0 Å². The Morgan fingerprint density at radius 3 is 2.68 bits per heavy atom. The molecule has 1 unspecified atom stereocenters. The van der Waals surface area contributed by atoms with Crippen LogP contribution in [0.3, 0.4) is 0 Å². The molecule has 3 N–H and O–H groups in total. The van der Waals surface area contributed by atoms with Crippen molar-refractivity contribution < 1.29 is 14.3 Å². The smallest absolute Gasteiger partial charge is 0.315 e. The van der Waals surface area contributed by atoms with Gasteiger partial charge in [0.25, 0.3) is 0 Å². The maximum atomic E-state index is 13.1. The van der Waals surface area contributed by atoms with Crippen LogP contribution in [0.1, 0.15) is 43.5 Å². The summed E-state index contributed by atoms with van der Waals surface area (Å²) in [5.41, 5.74) is 1.76. The Labute approximate surface area is 146 Å². The van der Waals surface area contributed by atoms with E-state index in [0.717, 1.165) is 36.2 Å². The molecule has 1 aromatic carbocycles. The van der Waals surface area contributed by atoms with Crippen molar-refractivity contribution in [3.05, 3.63) is 47.5 Å². The van der Waals surface area contributed by atoms with Crippen molar-refractivity contribution in [1.82, 2.24) is 20.4 Å². The Morgan fingerprint density at radius 2 is 2.08 bits per heavy atom. The van der Waals surface area contributed by atoms with Crippen LogP contribution >= 0.6 is 0 Å². The number of rotatable bonds is 5. The number of nitrogens with zero attached hydrogens (tertiary/aromatic N) is 2. The van der Waals surface area contributed by atoms with Crippen LogP contribution in [-0.2, 0) is 0 Å². The topological polar surface area (TPSA) is 79.2 Å². The van der Waals surface area contributed by atoms with E-state index in [9.17, 15) is 14.3 Å². The molecule has 0 saturated heterocycles. The second-order valence-electron chi connectivity index (χ2n) is 6.70. The molecule has 1 aliphatic carbocycles. The van der Waals surface area contributed by atoms with Gasteiger partial charge in [-0.05, 0) is 57.4 Å². The van der Waals surface area contributed by atoms with Gasteiger partial charge in [0.1, 0.15) is 5.82 Å². The molecule has 2 amide bonds. The van der Waals surface area contributed by atoms with Crippen LogP contribution in [0.15, 0.2) is 30.5 Å². The highest BCUT2D eigenvalue weighted by molar-refractivity contribution is 5.74. The van der Waals surface area contributed by atoms with E-state index in [4.69, 9.17) is 0 Å². The van der Waals surface area contributed by atoms with E-state index in [0.29, 0.717) is 0 Å². The maximum Gasteiger partial charge on any atom is 0.315 e. The molecule has 25 heavy (non-hydrogen) atoms. The van der Waals surface area contributed by atoms with Crippen LogP contribution in [0.4, 0.5) is 9.18 Å². The summed E-state index contributed by atoms with van der Waals surface area (Å²) in [6.45, 7) is 4.04. The summed E-state index contributed by atoms with van der Waals surface area (Å²) in [5.74, 6) is -0.298. The molecule has 2 aromatic rings. The second-order valence-corrected chi connectivity index (χ2v) is 6.70. The molecule has 1 saturated carbocycles. The van der Waals surface area contributed by atoms with E-state index in [1.54, 1.807) is 23.0 Å². The van der Waals surface area contributed by atoms with Crippen molar-refractivity contribution >= 4 is 6.03 Å². The maximum absolute atomic E-state index is 13.1. The first kappa shape index (κ1) is 17.4. The van der Waals surface area contributed by atoms with Crippen molar-refractivity contribution in [3.63, 3.8) is 0 Å². The number of aromatic nitrogens is 2. The van der Waals surface area contributed by atoms with Gasteiger partial charge in [-0.25, -0.2) is 13.9 Å². The Kier molecular flexibility index (Phi) is 4.76. The Hall–Kier alpha value is -2.41. The van der Waals surface area contributed by atoms with E-state index in [1.807, 2.05) is 13.8 Å². The average molecular weight is 346 g/mol. The van der Waals surface area contributed by atoms with Gasteiger partial charge in [0.2, 0.25) is 0 Å². The summed E-state index contributed by atoms with van der Waals surface area (Å²) in [7, 11) is 0. The quantitative estimate of drug-likeness (QED) is 0.779. The van der Waals surface area contributed by atoms with Crippen molar-refractivity contribution in [2.45, 2.75) is 44.8 Å². The molecule has 1 atom stereocenters. The minimum atomic E-state index is -0.746. The van der Waals surface area contributed by atoms with Gasteiger partial charge in [-0.2, -0.15) is 5.10 Å². The van der Waals surface area contributed by atoms with Gasteiger partial charge in [0.05, 0.1) is 23.5 Å². The predicted molar refractivity (Wildman–Crippen MR) is 92.0 cm³/mol. The van der Waals surface area contributed by atoms with Gasteiger partial charge in [0, 0.05) is 17.8 Å². The molecule has 0 bridgehead atoms. The normalized spacial score (nSPS) is 16.8. The third-order valence-electron chi connectivity index (χ3n) is 4.80. The molecule has 1 heterocycles. The first-order valence-corrected chi connectivity index (χ1v) is 8.45. The van der Waals surface area contributed by atoms with Gasteiger partial charge >= 0.3 is 6.03 Å². The standard InChI is InChI=1S/C18H23FN4O2/c1-12(22-17(24)20-11-18(25)8-3-9-18)16-10-21-23(13(16)2)15-6-4-14(19)5-7-15/h4-7,10,12,25H,3,8-9,11H2,1-2H3,(H2,20,22,24). The fraction of sp³-hybridized carbons (Fsp3) is 0.444. The third-order valence-corrected chi connectivity index (χ3v) is 4.80. The third kappa shape index (κ3) is 3.82. The van der Waals surface area contributed by atoms with Crippen LogP contribution in [0.5, 0.6) is 0 Å². The zero-order valence-electron chi connectivity index (χ0n) is 14.4. The largest absolute Gasteiger partial charge is 0.388 e. The van der Waals surface area contributed by atoms with Gasteiger partial charge in [-0.15, -0.1) is 0 Å². The molecule has 1 fully saturated rings. The highest BCUT2D eigenvalue weighted by Crippen LogP contribution is 2.30. The van der Waals surface area contributed by atoms with Gasteiger partial charge < -0.3 is 15.7 Å². The minimum absolute atomic E-state index is 0.245. The van der Waals surface area contributed by atoms with Gasteiger partial charge in [0.15, 0.2) is 0 Å². The van der Waals surface area contributed by atoms with E-state index >= 15 is 0 Å². The van der Waals surface area contributed by atoms with Crippen molar-refractivity contribution in [3.8, 4) is 5.69 Å². The van der Waals surface area contributed by atoms with Crippen LogP contribution in [0, 0.1) is 12.7 Å². The fourth-order valence-corrected chi connectivity index (χ4v) is 3.02. The van der Waals surface area contributed by atoms with Gasteiger partial charge in [-0.3, -0.25) is 0 Å². The molecular weight excluding hydrogens is 323 g/mol. The predicted octanol–water partition coefficient (Wildman–Crippen LogP) is 2.60. The summed E-state index contributed by atoms with van der Waals surface area (Å²) in [6.07, 6.45) is 4.15. The monoisotopic (exact) mass is 346 g/mol. The lowest BCUT2D eigenvalue weighted by Gasteiger charge is -2.36. The molecule has 1 aliphatic rings. The van der Waals surface area contributed by atoms with Crippen LogP contribution in [-0.4, -0.2) is 33.1 Å². The summed E-state index contributed by atoms with van der Waals surface area (Å²) in [6, 6.07) is 5.52. The van der Waals surface area contributed by atoms with E-state index in [-0.39, 0.29) is 24.4 Å². The Bertz CT molecular complexity index is 753. The molecule has 0 radical (unpaired) electrons. The lowest BCUT2D eigenvalue weighted by molar-refractivity contribution is -0.0290. The van der Waals surface area contributed by atoms with Crippen LogP contribution in [0.25, 0.3) is 5.69 Å². The summed E-state index contributed by atoms with van der Waals surface area (Å²) < 4.78 is 14.8. The fourth-order valence-electron chi connectivity index (χ4n) is 3.02. The van der Waals surface area contributed by atoms with E-state index < -0.39 is 5.60 Å². The number of amides is 2. The van der Waals surface area contributed by atoms with Crippen LogP contribution < -0.4 is 10.6 Å². The molecular formula is C18H23FN4O2.